The maximum atomic E-state index is 6.42. The van der Waals surface area contributed by atoms with Crippen molar-refractivity contribution in [2.45, 2.75) is 13.5 Å². The van der Waals surface area contributed by atoms with Gasteiger partial charge in [-0.25, -0.2) is 9.97 Å². The van der Waals surface area contributed by atoms with E-state index in [1.165, 1.54) is 5.56 Å². The highest BCUT2D eigenvalue weighted by atomic mass is 35.5. The maximum absolute atomic E-state index is 6.42. The standard InChI is InChI=1S/C24H20ClN5/c1-16-6-5-9-19(25)23(16)29-24-22-14-26-15-30(22)21-11-10-18(12-20(21)28-24)27-13-17-7-3-2-4-8-17/h2-12,14-15,27H,13H2,1H3,(H,28,29). The van der Waals surface area contributed by atoms with Gasteiger partial charge in [-0.1, -0.05) is 54.1 Å². The number of fused-ring (bicyclic) bond motifs is 3. The second-order valence-electron chi connectivity index (χ2n) is 7.21. The van der Waals surface area contributed by atoms with Crippen LogP contribution in [0.3, 0.4) is 0 Å². The highest BCUT2D eigenvalue weighted by Gasteiger charge is 2.12. The zero-order chi connectivity index (χ0) is 20.5. The Hall–Kier alpha value is -3.57. The van der Waals surface area contributed by atoms with Crippen LogP contribution >= 0.6 is 11.6 Å². The van der Waals surface area contributed by atoms with Crippen LogP contribution in [0.4, 0.5) is 17.2 Å². The highest BCUT2D eigenvalue weighted by Crippen LogP contribution is 2.31. The summed E-state index contributed by atoms with van der Waals surface area (Å²) in [7, 11) is 0. The van der Waals surface area contributed by atoms with E-state index in [-0.39, 0.29) is 0 Å². The molecule has 0 saturated carbocycles. The molecule has 30 heavy (non-hydrogen) atoms. The summed E-state index contributed by atoms with van der Waals surface area (Å²) in [6, 6.07) is 22.3. The summed E-state index contributed by atoms with van der Waals surface area (Å²) in [5.74, 6) is 0.719. The lowest BCUT2D eigenvalue weighted by molar-refractivity contribution is 1.15. The topological polar surface area (TPSA) is 54.2 Å². The molecule has 6 heteroatoms. The molecule has 5 aromatic rings. The van der Waals surface area contributed by atoms with Gasteiger partial charge in [-0.3, -0.25) is 4.40 Å². The van der Waals surface area contributed by atoms with Crippen LogP contribution < -0.4 is 10.6 Å². The van der Waals surface area contributed by atoms with Gasteiger partial charge in [-0.15, -0.1) is 0 Å². The van der Waals surface area contributed by atoms with Gasteiger partial charge >= 0.3 is 0 Å². The minimum atomic E-state index is 0.660. The second kappa shape index (κ2) is 7.69. The molecular formula is C24H20ClN5. The number of aromatic nitrogens is 3. The summed E-state index contributed by atoms with van der Waals surface area (Å²) in [5, 5.41) is 7.55. The van der Waals surface area contributed by atoms with E-state index in [4.69, 9.17) is 16.6 Å². The first-order valence-corrected chi connectivity index (χ1v) is 10.1. The smallest absolute Gasteiger partial charge is 0.157 e. The van der Waals surface area contributed by atoms with Crippen molar-refractivity contribution in [3.05, 3.63) is 95.4 Å². The lowest BCUT2D eigenvalue weighted by atomic mass is 10.2. The van der Waals surface area contributed by atoms with Crippen molar-refractivity contribution in [1.82, 2.24) is 14.4 Å². The van der Waals surface area contributed by atoms with Crippen LogP contribution in [-0.4, -0.2) is 14.4 Å². The molecule has 0 saturated heterocycles. The van der Waals surface area contributed by atoms with Gasteiger partial charge in [0.1, 0.15) is 5.52 Å². The molecule has 0 atom stereocenters. The van der Waals surface area contributed by atoms with Gasteiger partial charge in [0.25, 0.3) is 0 Å². The van der Waals surface area contributed by atoms with Crippen LogP contribution in [0.15, 0.2) is 79.3 Å². The van der Waals surface area contributed by atoms with Crippen LogP contribution in [0.2, 0.25) is 5.02 Å². The first-order chi connectivity index (χ1) is 14.7. The minimum Gasteiger partial charge on any atom is -0.381 e. The van der Waals surface area contributed by atoms with Crippen LogP contribution in [0.25, 0.3) is 16.6 Å². The molecule has 5 rings (SSSR count). The van der Waals surface area contributed by atoms with Gasteiger partial charge in [0.2, 0.25) is 0 Å². The molecule has 5 nitrogen and oxygen atoms in total. The van der Waals surface area contributed by atoms with Gasteiger partial charge in [0, 0.05) is 12.2 Å². The first-order valence-electron chi connectivity index (χ1n) is 9.75. The fraction of sp³-hybridized carbons (Fsp3) is 0.0833. The average Bonchev–Trinajstić information content (AvgIpc) is 3.26. The van der Waals surface area contributed by atoms with Gasteiger partial charge < -0.3 is 10.6 Å². The lowest BCUT2D eigenvalue weighted by Gasteiger charge is -2.14. The molecule has 0 spiro atoms. The number of nitrogens with one attached hydrogen (secondary N) is 2. The first kappa shape index (κ1) is 18.5. The van der Waals surface area contributed by atoms with Crippen LogP contribution in [0.5, 0.6) is 0 Å². The Morgan fingerprint density at radius 3 is 2.67 bits per heavy atom. The van der Waals surface area contributed by atoms with E-state index in [0.717, 1.165) is 45.9 Å². The number of imidazole rings is 1. The van der Waals surface area contributed by atoms with Crippen molar-refractivity contribution in [2.24, 2.45) is 0 Å². The van der Waals surface area contributed by atoms with Crippen molar-refractivity contribution in [1.29, 1.82) is 0 Å². The molecule has 2 aromatic heterocycles. The van der Waals surface area contributed by atoms with Crippen LogP contribution in [0, 0.1) is 6.92 Å². The Bertz CT molecular complexity index is 1320. The Labute approximate surface area is 179 Å². The number of hydrogen-bond acceptors (Lipinski definition) is 4. The zero-order valence-corrected chi connectivity index (χ0v) is 17.2. The predicted molar refractivity (Wildman–Crippen MR) is 124 cm³/mol. The molecule has 148 valence electrons. The Balaban J connectivity index is 1.54. The van der Waals surface area contributed by atoms with Gasteiger partial charge in [-0.2, -0.15) is 0 Å². The quantitative estimate of drug-likeness (QED) is 0.360. The average molecular weight is 414 g/mol. The Kier molecular flexibility index (Phi) is 4.73. The van der Waals surface area contributed by atoms with E-state index in [9.17, 15) is 0 Å². The van der Waals surface area contributed by atoms with E-state index in [1.807, 2.05) is 53.9 Å². The molecule has 2 heterocycles. The number of anilines is 3. The number of para-hydroxylation sites is 1. The normalized spacial score (nSPS) is 11.1. The molecule has 2 N–H and O–H groups in total. The number of hydrogen-bond donors (Lipinski definition) is 2. The van der Waals surface area contributed by atoms with E-state index < -0.39 is 0 Å². The fourth-order valence-corrected chi connectivity index (χ4v) is 3.84. The third-order valence-electron chi connectivity index (χ3n) is 5.15. The molecule has 3 aromatic carbocycles. The second-order valence-corrected chi connectivity index (χ2v) is 7.62. The molecule has 0 aliphatic rings. The SMILES string of the molecule is Cc1cccc(Cl)c1Nc1nc2cc(NCc3ccccc3)ccc2n2cncc12. The molecule has 0 aliphatic carbocycles. The van der Waals surface area contributed by atoms with E-state index in [2.05, 4.69) is 45.9 Å². The van der Waals surface area contributed by atoms with Crippen molar-refractivity contribution in [3.8, 4) is 0 Å². The number of rotatable bonds is 5. The highest BCUT2D eigenvalue weighted by molar-refractivity contribution is 6.33. The molecule has 0 aliphatic heterocycles. The lowest BCUT2D eigenvalue weighted by Crippen LogP contribution is -2.02. The van der Waals surface area contributed by atoms with Crippen molar-refractivity contribution in [2.75, 3.05) is 10.6 Å². The summed E-state index contributed by atoms with van der Waals surface area (Å²) in [6.07, 6.45) is 3.61. The number of nitrogens with zero attached hydrogens (tertiary/aromatic N) is 3. The predicted octanol–water partition coefficient (Wildman–Crippen LogP) is 6.20. The zero-order valence-electron chi connectivity index (χ0n) is 16.4. The Morgan fingerprint density at radius 1 is 0.967 bits per heavy atom. The molecule has 0 radical (unpaired) electrons. The molecule has 0 bridgehead atoms. The van der Waals surface area contributed by atoms with Gasteiger partial charge in [0.15, 0.2) is 5.82 Å². The van der Waals surface area contributed by atoms with E-state index in [1.54, 1.807) is 6.33 Å². The maximum Gasteiger partial charge on any atom is 0.157 e. The summed E-state index contributed by atoms with van der Waals surface area (Å²) in [5.41, 5.74) is 6.91. The molecule has 0 unspecified atom stereocenters. The third-order valence-corrected chi connectivity index (χ3v) is 5.47. The molecule has 0 amide bonds. The van der Waals surface area contributed by atoms with Crippen molar-refractivity contribution >= 4 is 45.3 Å². The van der Waals surface area contributed by atoms with E-state index in [0.29, 0.717) is 5.02 Å². The fourth-order valence-electron chi connectivity index (χ4n) is 3.57. The summed E-state index contributed by atoms with van der Waals surface area (Å²) < 4.78 is 2.04. The number of benzene rings is 3. The third kappa shape index (κ3) is 3.44. The van der Waals surface area contributed by atoms with Gasteiger partial charge in [-0.05, 0) is 42.3 Å². The Morgan fingerprint density at radius 2 is 1.83 bits per heavy atom. The molecular weight excluding hydrogens is 394 g/mol. The summed E-state index contributed by atoms with van der Waals surface area (Å²) in [6.45, 7) is 2.78. The largest absolute Gasteiger partial charge is 0.381 e. The monoisotopic (exact) mass is 413 g/mol. The number of aryl methyl sites for hydroxylation is 1. The van der Waals surface area contributed by atoms with E-state index >= 15 is 0 Å². The minimum absolute atomic E-state index is 0.660. The van der Waals surface area contributed by atoms with Crippen LogP contribution in [-0.2, 0) is 6.54 Å². The van der Waals surface area contributed by atoms with Crippen molar-refractivity contribution < 1.29 is 0 Å². The van der Waals surface area contributed by atoms with Crippen molar-refractivity contribution in [3.63, 3.8) is 0 Å². The van der Waals surface area contributed by atoms with Gasteiger partial charge in [0.05, 0.1) is 34.3 Å². The summed E-state index contributed by atoms with van der Waals surface area (Å²) in [4.78, 5) is 9.23. The molecule has 0 fully saturated rings. The number of halogens is 1. The summed E-state index contributed by atoms with van der Waals surface area (Å²) >= 11 is 6.42. The van der Waals surface area contributed by atoms with Crippen LogP contribution in [0.1, 0.15) is 11.1 Å².